The standard InChI is InChI=1S/C24H30O4/c1-16(5-10-20-17(2)6-11-22(25)24(20,3)4)13-14-27-19-9-7-18-8-12-23(26)28-21(18)15-19/h7-9,12-13,15,20,22,25H,2,5-6,10-11,14H2,1,3-4H3/t20-,22-/m0/s1. The summed E-state index contributed by atoms with van der Waals surface area (Å²) < 4.78 is 11.0. The first-order valence-electron chi connectivity index (χ1n) is 9.95. The Morgan fingerprint density at radius 2 is 2.11 bits per heavy atom. The molecule has 1 aliphatic rings. The van der Waals surface area contributed by atoms with Crippen LogP contribution in [-0.2, 0) is 0 Å². The Labute approximate surface area is 166 Å². The maximum atomic E-state index is 11.4. The first-order chi connectivity index (χ1) is 13.3. The number of aliphatic hydroxyl groups excluding tert-OH is 1. The topological polar surface area (TPSA) is 59.7 Å². The summed E-state index contributed by atoms with van der Waals surface area (Å²) in [7, 11) is 0. The molecule has 1 fully saturated rings. The minimum atomic E-state index is -0.363. The van der Waals surface area contributed by atoms with E-state index in [2.05, 4.69) is 33.4 Å². The molecule has 0 aliphatic heterocycles. The Balaban J connectivity index is 1.56. The van der Waals surface area contributed by atoms with E-state index in [4.69, 9.17) is 9.15 Å². The number of benzene rings is 1. The van der Waals surface area contributed by atoms with Crippen molar-refractivity contribution in [3.05, 3.63) is 64.6 Å². The second kappa shape index (κ2) is 8.36. The second-order valence-corrected chi connectivity index (χ2v) is 8.44. The van der Waals surface area contributed by atoms with Crippen molar-refractivity contribution in [2.75, 3.05) is 6.61 Å². The Morgan fingerprint density at radius 3 is 2.89 bits per heavy atom. The van der Waals surface area contributed by atoms with Gasteiger partial charge in [0.1, 0.15) is 17.9 Å². The maximum Gasteiger partial charge on any atom is 0.336 e. The largest absolute Gasteiger partial charge is 0.489 e. The van der Waals surface area contributed by atoms with Gasteiger partial charge in [-0.15, -0.1) is 0 Å². The number of hydrogen-bond acceptors (Lipinski definition) is 4. The minimum Gasteiger partial charge on any atom is -0.489 e. The SMILES string of the molecule is C=C1CC[C@H](O)C(C)(C)[C@H]1CCC(C)=CCOc1ccc2ccc(=O)oc2c1. The van der Waals surface area contributed by atoms with E-state index in [1.54, 1.807) is 12.1 Å². The van der Waals surface area contributed by atoms with Gasteiger partial charge in [-0.25, -0.2) is 4.79 Å². The number of aliphatic hydroxyl groups is 1. The van der Waals surface area contributed by atoms with E-state index in [1.807, 2.05) is 12.1 Å². The molecule has 0 bridgehead atoms. The Kier molecular flexibility index (Phi) is 6.09. The highest BCUT2D eigenvalue weighted by atomic mass is 16.5. The lowest BCUT2D eigenvalue weighted by Crippen LogP contribution is -2.41. The molecule has 0 spiro atoms. The normalized spacial score (nSPS) is 22.4. The third-order valence-electron chi connectivity index (χ3n) is 6.09. The van der Waals surface area contributed by atoms with Crippen molar-refractivity contribution < 1.29 is 14.3 Å². The summed E-state index contributed by atoms with van der Waals surface area (Å²) >= 11 is 0. The lowest BCUT2D eigenvalue weighted by atomic mass is 9.63. The molecular formula is C24H30O4. The smallest absolute Gasteiger partial charge is 0.336 e. The lowest BCUT2D eigenvalue weighted by Gasteiger charge is -2.44. The number of rotatable bonds is 6. The van der Waals surface area contributed by atoms with E-state index in [-0.39, 0.29) is 17.1 Å². The first kappa shape index (κ1) is 20.4. The van der Waals surface area contributed by atoms with Crippen molar-refractivity contribution in [3.63, 3.8) is 0 Å². The van der Waals surface area contributed by atoms with Crippen molar-refractivity contribution in [1.82, 2.24) is 0 Å². The van der Waals surface area contributed by atoms with Crippen LogP contribution in [-0.4, -0.2) is 17.8 Å². The molecule has 0 unspecified atom stereocenters. The molecule has 0 radical (unpaired) electrons. The van der Waals surface area contributed by atoms with Crippen molar-refractivity contribution in [2.24, 2.45) is 11.3 Å². The van der Waals surface area contributed by atoms with Gasteiger partial charge in [0, 0.05) is 17.5 Å². The zero-order valence-electron chi connectivity index (χ0n) is 17.0. The van der Waals surface area contributed by atoms with Crippen molar-refractivity contribution in [2.45, 2.75) is 52.6 Å². The van der Waals surface area contributed by atoms with Crippen LogP contribution < -0.4 is 10.4 Å². The van der Waals surface area contributed by atoms with E-state index in [0.717, 1.165) is 31.1 Å². The molecule has 150 valence electrons. The summed E-state index contributed by atoms with van der Waals surface area (Å²) in [6.45, 7) is 11.1. The molecule has 4 nitrogen and oxygen atoms in total. The molecule has 1 N–H and O–H groups in total. The van der Waals surface area contributed by atoms with Crippen LogP contribution in [0.3, 0.4) is 0 Å². The van der Waals surface area contributed by atoms with Gasteiger partial charge in [0.15, 0.2) is 0 Å². The van der Waals surface area contributed by atoms with Crippen molar-refractivity contribution in [3.8, 4) is 5.75 Å². The van der Waals surface area contributed by atoms with E-state index < -0.39 is 0 Å². The molecule has 1 heterocycles. The average molecular weight is 383 g/mol. The van der Waals surface area contributed by atoms with Crippen molar-refractivity contribution >= 4 is 11.0 Å². The molecule has 4 heteroatoms. The molecule has 1 aromatic carbocycles. The summed E-state index contributed by atoms with van der Waals surface area (Å²) in [5.41, 5.74) is 2.56. The number of allylic oxidation sites excluding steroid dienone is 2. The van der Waals surface area contributed by atoms with E-state index in [9.17, 15) is 9.90 Å². The molecule has 0 amide bonds. The molecule has 1 saturated carbocycles. The quantitative estimate of drug-likeness (QED) is 0.547. The van der Waals surface area contributed by atoms with Gasteiger partial charge in [-0.2, -0.15) is 0 Å². The average Bonchev–Trinajstić information content (AvgIpc) is 2.64. The van der Waals surface area contributed by atoms with Gasteiger partial charge in [0.05, 0.1) is 6.10 Å². The molecule has 0 saturated heterocycles. The van der Waals surface area contributed by atoms with Crippen LogP contribution in [0.2, 0.25) is 0 Å². The number of fused-ring (bicyclic) bond motifs is 1. The van der Waals surface area contributed by atoms with Crippen LogP contribution >= 0.6 is 0 Å². The predicted octanol–water partition coefficient (Wildman–Crippen LogP) is 5.25. The molecule has 1 aliphatic carbocycles. The van der Waals surface area contributed by atoms with Gasteiger partial charge in [-0.1, -0.05) is 31.6 Å². The zero-order chi connectivity index (χ0) is 20.3. The lowest BCUT2D eigenvalue weighted by molar-refractivity contribution is -0.00881. The first-order valence-corrected chi connectivity index (χ1v) is 9.95. The van der Waals surface area contributed by atoms with E-state index in [1.165, 1.54) is 17.2 Å². The number of hydrogen-bond donors (Lipinski definition) is 1. The highest BCUT2D eigenvalue weighted by Crippen LogP contribution is 2.45. The summed E-state index contributed by atoms with van der Waals surface area (Å²) in [6, 6.07) is 8.66. The Morgan fingerprint density at radius 1 is 1.36 bits per heavy atom. The highest BCUT2D eigenvalue weighted by molar-refractivity contribution is 5.77. The fourth-order valence-electron chi connectivity index (χ4n) is 4.09. The van der Waals surface area contributed by atoms with Crippen molar-refractivity contribution in [1.29, 1.82) is 0 Å². The highest BCUT2D eigenvalue weighted by Gasteiger charge is 2.40. The maximum absolute atomic E-state index is 11.4. The fourth-order valence-corrected chi connectivity index (χ4v) is 4.09. The second-order valence-electron chi connectivity index (χ2n) is 8.44. The third-order valence-corrected chi connectivity index (χ3v) is 6.09. The zero-order valence-corrected chi connectivity index (χ0v) is 17.0. The van der Waals surface area contributed by atoms with E-state index in [0.29, 0.717) is 23.9 Å². The summed E-state index contributed by atoms with van der Waals surface area (Å²) in [5.74, 6) is 1.01. The van der Waals surface area contributed by atoms with Gasteiger partial charge in [0.2, 0.25) is 0 Å². The van der Waals surface area contributed by atoms with E-state index >= 15 is 0 Å². The third kappa shape index (κ3) is 4.56. The van der Waals surface area contributed by atoms with Crippen LogP contribution in [0.25, 0.3) is 11.0 Å². The van der Waals surface area contributed by atoms with Gasteiger partial charge in [0.25, 0.3) is 0 Å². The fraction of sp³-hybridized carbons (Fsp3) is 0.458. The summed E-state index contributed by atoms with van der Waals surface area (Å²) in [6.07, 6.45) is 5.50. The van der Waals surface area contributed by atoms with Crippen LogP contribution in [0, 0.1) is 11.3 Å². The Bertz CT molecular complexity index is 935. The molecule has 28 heavy (non-hydrogen) atoms. The molecule has 1 aromatic heterocycles. The molecule has 2 atom stereocenters. The van der Waals surface area contributed by atoms with Crippen LogP contribution in [0.4, 0.5) is 0 Å². The van der Waals surface area contributed by atoms with Gasteiger partial charge < -0.3 is 14.3 Å². The molecule has 2 aromatic rings. The predicted molar refractivity (Wildman–Crippen MR) is 113 cm³/mol. The van der Waals surface area contributed by atoms with Crippen LogP contribution in [0.15, 0.2) is 63.3 Å². The minimum absolute atomic E-state index is 0.124. The van der Waals surface area contributed by atoms with Gasteiger partial charge in [-0.3, -0.25) is 0 Å². The molecular weight excluding hydrogens is 352 g/mol. The summed E-state index contributed by atoms with van der Waals surface area (Å²) in [5, 5.41) is 11.2. The number of ether oxygens (including phenoxy) is 1. The Hall–Kier alpha value is -2.33. The molecule has 3 rings (SSSR count). The monoisotopic (exact) mass is 382 g/mol. The summed E-state index contributed by atoms with van der Waals surface area (Å²) in [4.78, 5) is 11.4. The van der Waals surface area contributed by atoms with Crippen LogP contribution in [0.5, 0.6) is 5.75 Å². The van der Waals surface area contributed by atoms with Gasteiger partial charge in [-0.05, 0) is 68.2 Å². The van der Waals surface area contributed by atoms with Crippen LogP contribution in [0.1, 0.15) is 46.5 Å². The van der Waals surface area contributed by atoms with Gasteiger partial charge >= 0.3 is 5.63 Å².